The molecule has 1 saturated heterocycles. The molecule has 1 heterocycles. The number of ether oxygens (including phenoxy) is 1. The number of likely N-dealkylation sites (tertiary alicyclic amines) is 1. The lowest BCUT2D eigenvalue weighted by atomic mass is 9.57. The second-order valence-corrected chi connectivity index (χ2v) is 9.83. The van der Waals surface area contributed by atoms with E-state index in [4.69, 9.17) is 4.74 Å². The van der Waals surface area contributed by atoms with Gasteiger partial charge in [-0.25, -0.2) is 0 Å². The van der Waals surface area contributed by atoms with Crippen molar-refractivity contribution in [1.82, 2.24) is 0 Å². The van der Waals surface area contributed by atoms with Crippen molar-refractivity contribution in [2.75, 3.05) is 13.7 Å². The van der Waals surface area contributed by atoms with Crippen molar-refractivity contribution >= 4 is 0 Å². The Kier molecular flexibility index (Phi) is 6.50. The van der Waals surface area contributed by atoms with Crippen LogP contribution in [0.25, 0.3) is 0 Å². The van der Waals surface area contributed by atoms with Crippen molar-refractivity contribution in [3.63, 3.8) is 0 Å². The number of aliphatic hydroxyl groups excluding tert-OH is 1. The Bertz CT molecular complexity index is 424. The third-order valence-corrected chi connectivity index (χ3v) is 8.41. The molecule has 3 fully saturated rings. The molecule has 25 heavy (non-hydrogen) atoms. The van der Waals surface area contributed by atoms with Crippen LogP contribution in [0.1, 0.15) is 85.0 Å². The number of nitrogens with one attached hydrogen (secondary N) is 1. The van der Waals surface area contributed by atoms with E-state index in [1.807, 2.05) is 4.90 Å². The van der Waals surface area contributed by atoms with Crippen LogP contribution in [-0.4, -0.2) is 37.1 Å². The first-order valence-electron chi connectivity index (χ1n) is 11.0. The molecule has 0 spiro atoms. The highest BCUT2D eigenvalue weighted by atomic mass is 16.6. The SMILES string of the molecule is COC(O)CCCCC[NH+]1C2CCC3CCCCC3C2C(C)(C)C1C. The minimum Gasteiger partial charge on any atom is -0.368 e. The number of rotatable bonds is 7. The summed E-state index contributed by atoms with van der Waals surface area (Å²) in [6.45, 7) is 9.01. The van der Waals surface area contributed by atoms with Crippen LogP contribution in [0.2, 0.25) is 0 Å². The standard InChI is InChI=1S/C22H41NO2/c1-16-22(2,3)21-18-11-8-7-10-17(18)13-14-19(21)23(16)15-9-5-6-12-20(24)25-4/h16-21,24H,5-15H2,1-4H3/p+1. The first kappa shape index (κ1) is 19.6. The van der Waals surface area contributed by atoms with Crippen LogP contribution in [-0.2, 0) is 4.74 Å². The Morgan fingerprint density at radius 1 is 1.08 bits per heavy atom. The van der Waals surface area contributed by atoms with E-state index in [1.54, 1.807) is 7.11 Å². The molecule has 0 aromatic rings. The van der Waals surface area contributed by atoms with Crippen molar-refractivity contribution in [3.05, 3.63) is 0 Å². The van der Waals surface area contributed by atoms with Gasteiger partial charge >= 0.3 is 0 Å². The van der Waals surface area contributed by atoms with Crippen molar-refractivity contribution < 1.29 is 14.7 Å². The van der Waals surface area contributed by atoms with E-state index in [0.717, 1.165) is 42.7 Å². The van der Waals surface area contributed by atoms with Crippen LogP contribution in [0.4, 0.5) is 0 Å². The zero-order chi connectivity index (χ0) is 18.0. The molecule has 3 aliphatic rings. The van der Waals surface area contributed by atoms with Crippen molar-refractivity contribution in [2.24, 2.45) is 23.2 Å². The average molecular weight is 353 g/mol. The van der Waals surface area contributed by atoms with Gasteiger partial charge in [0.05, 0.1) is 18.6 Å². The van der Waals surface area contributed by atoms with Gasteiger partial charge in [0.2, 0.25) is 0 Å². The molecule has 7 unspecified atom stereocenters. The molecule has 146 valence electrons. The molecule has 3 rings (SSSR count). The number of hydrogen-bond acceptors (Lipinski definition) is 2. The van der Waals surface area contributed by atoms with Gasteiger partial charge in [0.15, 0.2) is 6.29 Å². The fourth-order valence-electron chi connectivity index (χ4n) is 6.86. The Hall–Kier alpha value is -0.120. The Balaban J connectivity index is 1.58. The molecule has 1 aliphatic heterocycles. The molecule has 2 saturated carbocycles. The normalized spacial score (nSPS) is 41.2. The largest absolute Gasteiger partial charge is 0.368 e. The lowest BCUT2D eigenvalue weighted by Crippen LogP contribution is -3.17. The lowest BCUT2D eigenvalue weighted by molar-refractivity contribution is -0.940. The Labute approximate surface area is 155 Å². The zero-order valence-electron chi connectivity index (χ0n) is 17.1. The maximum atomic E-state index is 9.52. The van der Waals surface area contributed by atoms with Gasteiger partial charge < -0.3 is 14.7 Å². The number of unbranched alkanes of at least 4 members (excludes halogenated alkanes) is 2. The van der Waals surface area contributed by atoms with Gasteiger partial charge in [-0.15, -0.1) is 0 Å². The van der Waals surface area contributed by atoms with Gasteiger partial charge in [-0.1, -0.05) is 33.1 Å². The van der Waals surface area contributed by atoms with E-state index in [1.165, 1.54) is 57.9 Å². The molecule has 7 atom stereocenters. The molecule has 0 aromatic heterocycles. The van der Waals surface area contributed by atoms with Gasteiger partial charge in [0, 0.05) is 18.4 Å². The average Bonchev–Trinajstić information content (AvgIpc) is 2.81. The first-order chi connectivity index (χ1) is 12.0. The number of quaternary nitrogens is 1. The summed E-state index contributed by atoms with van der Waals surface area (Å²) in [5, 5.41) is 9.52. The Morgan fingerprint density at radius 2 is 1.84 bits per heavy atom. The van der Waals surface area contributed by atoms with Crippen LogP contribution in [0.15, 0.2) is 0 Å². The van der Waals surface area contributed by atoms with Gasteiger partial charge in [-0.05, 0) is 63.7 Å². The summed E-state index contributed by atoms with van der Waals surface area (Å²) in [4.78, 5) is 1.91. The van der Waals surface area contributed by atoms with E-state index < -0.39 is 6.29 Å². The van der Waals surface area contributed by atoms with Crippen LogP contribution in [0.5, 0.6) is 0 Å². The fourth-order valence-corrected chi connectivity index (χ4v) is 6.86. The number of aliphatic hydroxyl groups is 1. The molecule has 0 aromatic carbocycles. The van der Waals surface area contributed by atoms with Crippen molar-refractivity contribution in [2.45, 2.75) is 103 Å². The van der Waals surface area contributed by atoms with Crippen LogP contribution >= 0.6 is 0 Å². The molecule has 3 nitrogen and oxygen atoms in total. The highest BCUT2D eigenvalue weighted by Crippen LogP contribution is 2.52. The maximum Gasteiger partial charge on any atom is 0.154 e. The third kappa shape index (κ3) is 3.94. The number of hydrogen-bond donors (Lipinski definition) is 2. The maximum absolute atomic E-state index is 9.52. The topological polar surface area (TPSA) is 33.9 Å². The molecule has 3 heteroatoms. The summed E-state index contributed by atoms with van der Waals surface area (Å²) in [7, 11) is 1.59. The second kappa shape index (κ2) is 8.27. The highest BCUT2D eigenvalue weighted by molar-refractivity contribution is 5.01. The summed E-state index contributed by atoms with van der Waals surface area (Å²) in [6, 6.07) is 1.70. The van der Waals surface area contributed by atoms with Gasteiger partial charge in [0.25, 0.3) is 0 Å². The predicted octanol–water partition coefficient (Wildman–Crippen LogP) is 3.41. The van der Waals surface area contributed by atoms with Crippen molar-refractivity contribution in [1.29, 1.82) is 0 Å². The summed E-state index contributed by atoms with van der Waals surface area (Å²) in [5.74, 6) is 3.00. The number of methoxy groups -OCH3 is 1. The van der Waals surface area contributed by atoms with Crippen molar-refractivity contribution in [3.8, 4) is 0 Å². The molecule has 2 N–H and O–H groups in total. The smallest absolute Gasteiger partial charge is 0.154 e. The molecule has 0 radical (unpaired) electrons. The fraction of sp³-hybridized carbons (Fsp3) is 1.00. The first-order valence-corrected chi connectivity index (χ1v) is 11.0. The van der Waals surface area contributed by atoms with E-state index >= 15 is 0 Å². The van der Waals surface area contributed by atoms with E-state index in [0.29, 0.717) is 5.41 Å². The Morgan fingerprint density at radius 3 is 2.60 bits per heavy atom. The van der Waals surface area contributed by atoms with E-state index in [-0.39, 0.29) is 0 Å². The highest BCUT2D eigenvalue weighted by Gasteiger charge is 2.60. The van der Waals surface area contributed by atoms with E-state index in [2.05, 4.69) is 20.8 Å². The minimum atomic E-state index is -0.567. The molecule has 0 amide bonds. The quantitative estimate of drug-likeness (QED) is 0.544. The van der Waals surface area contributed by atoms with Gasteiger partial charge in [-0.2, -0.15) is 0 Å². The number of fused-ring (bicyclic) bond motifs is 3. The summed E-state index contributed by atoms with van der Waals surface area (Å²) in [5.41, 5.74) is 0.493. The second-order valence-electron chi connectivity index (χ2n) is 9.83. The third-order valence-electron chi connectivity index (χ3n) is 8.41. The summed E-state index contributed by atoms with van der Waals surface area (Å²) in [6.07, 6.45) is 12.8. The van der Waals surface area contributed by atoms with Crippen LogP contribution in [0.3, 0.4) is 0 Å². The van der Waals surface area contributed by atoms with Crippen LogP contribution in [0, 0.1) is 23.2 Å². The predicted molar refractivity (Wildman–Crippen MR) is 103 cm³/mol. The van der Waals surface area contributed by atoms with Gasteiger partial charge in [-0.3, -0.25) is 0 Å². The van der Waals surface area contributed by atoms with E-state index in [9.17, 15) is 5.11 Å². The zero-order valence-corrected chi connectivity index (χ0v) is 17.1. The summed E-state index contributed by atoms with van der Waals surface area (Å²) >= 11 is 0. The molecular formula is C22H42NO2+. The molecule has 2 aliphatic carbocycles. The van der Waals surface area contributed by atoms with Gasteiger partial charge in [0.1, 0.15) is 0 Å². The minimum absolute atomic E-state index is 0.493. The molecule has 0 bridgehead atoms. The summed E-state index contributed by atoms with van der Waals surface area (Å²) < 4.78 is 4.95. The van der Waals surface area contributed by atoms with Crippen LogP contribution < -0.4 is 4.90 Å². The lowest BCUT2D eigenvalue weighted by Gasteiger charge is -2.45. The molecular weight excluding hydrogens is 310 g/mol. The monoisotopic (exact) mass is 352 g/mol.